The van der Waals surface area contributed by atoms with Gasteiger partial charge in [-0.2, -0.15) is 0 Å². The number of hydrogen-bond donors (Lipinski definition) is 1. The third-order valence-corrected chi connectivity index (χ3v) is 3.64. The molecule has 0 spiro atoms. The molecule has 1 heterocycles. The lowest BCUT2D eigenvalue weighted by Crippen LogP contribution is -2.30. The van der Waals surface area contributed by atoms with Gasteiger partial charge in [0.15, 0.2) is 6.29 Å². The van der Waals surface area contributed by atoms with Crippen LogP contribution in [0, 0.1) is 0 Å². The van der Waals surface area contributed by atoms with Gasteiger partial charge < -0.3 is 14.6 Å². The summed E-state index contributed by atoms with van der Waals surface area (Å²) in [6, 6.07) is 0. The quantitative estimate of drug-likeness (QED) is 0.484. The predicted molar refractivity (Wildman–Crippen MR) is 78.0 cm³/mol. The van der Waals surface area contributed by atoms with Crippen LogP contribution in [-0.4, -0.2) is 30.2 Å². The molecule has 0 aromatic carbocycles. The van der Waals surface area contributed by atoms with E-state index in [1.165, 1.54) is 25.7 Å². The molecule has 3 nitrogen and oxygen atoms in total. The van der Waals surface area contributed by atoms with Crippen LogP contribution in [0.5, 0.6) is 0 Å². The highest BCUT2D eigenvalue weighted by atomic mass is 16.7. The fourth-order valence-corrected chi connectivity index (χ4v) is 2.44. The van der Waals surface area contributed by atoms with E-state index in [0.29, 0.717) is 6.42 Å². The minimum atomic E-state index is -0.472. The molecule has 2 unspecified atom stereocenters. The average Bonchev–Trinajstić information content (AvgIpc) is 2.44. The maximum Gasteiger partial charge on any atom is 0.157 e. The molecule has 0 bridgehead atoms. The molecule has 1 fully saturated rings. The largest absolute Gasteiger partial charge is 0.389 e. The molecule has 0 aliphatic carbocycles. The molecule has 1 aliphatic rings. The summed E-state index contributed by atoms with van der Waals surface area (Å²) in [4.78, 5) is 0. The normalized spacial score (nSPS) is 22.9. The van der Waals surface area contributed by atoms with E-state index in [-0.39, 0.29) is 12.4 Å². The van der Waals surface area contributed by atoms with Crippen LogP contribution >= 0.6 is 0 Å². The summed E-state index contributed by atoms with van der Waals surface area (Å²) >= 11 is 0. The molecule has 0 saturated carbocycles. The van der Waals surface area contributed by atoms with Crippen molar-refractivity contribution in [3.8, 4) is 0 Å². The molecule has 19 heavy (non-hydrogen) atoms. The van der Waals surface area contributed by atoms with Gasteiger partial charge in [0.05, 0.1) is 12.2 Å². The molecule has 112 valence electrons. The van der Waals surface area contributed by atoms with Crippen LogP contribution in [0.25, 0.3) is 0 Å². The molecule has 0 amide bonds. The number of rotatable bonds is 10. The molecule has 3 atom stereocenters. The molecule has 3 heteroatoms. The van der Waals surface area contributed by atoms with E-state index >= 15 is 0 Å². The van der Waals surface area contributed by atoms with Gasteiger partial charge >= 0.3 is 0 Å². The van der Waals surface area contributed by atoms with Gasteiger partial charge in [-0.15, -0.1) is 6.58 Å². The summed E-state index contributed by atoms with van der Waals surface area (Å²) < 4.78 is 11.6. The number of unbranched alkanes of at least 4 members (excludes halogenated alkanes) is 3. The van der Waals surface area contributed by atoms with E-state index in [2.05, 4.69) is 13.5 Å². The number of ether oxygens (including phenoxy) is 2. The zero-order valence-corrected chi connectivity index (χ0v) is 12.4. The van der Waals surface area contributed by atoms with Gasteiger partial charge in [-0.05, 0) is 25.7 Å². The standard InChI is InChI=1S/C16H30O3/c1-3-5-6-7-10-15(13-14(17)4-2)19-16-11-8-9-12-18-16/h4,14-17H,2-3,5-13H2,1H3/t14?,15-,16?/m1/s1. The van der Waals surface area contributed by atoms with Gasteiger partial charge in [-0.3, -0.25) is 0 Å². The molecule has 1 saturated heterocycles. The molecule has 1 N–H and O–H groups in total. The zero-order chi connectivity index (χ0) is 13.9. The van der Waals surface area contributed by atoms with Crippen LogP contribution in [0.2, 0.25) is 0 Å². The van der Waals surface area contributed by atoms with E-state index in [1.54, 1.807) is 6.08 Å². The van der Waals surface area contributed by atoms with E-state index in [0.717, 1.165) is 32.3 Å². The Morgan fingerprint density at radius 2 is 2.21 bits per heavy atom. The van der Waals surface area contributed by atoms with Crippen molar-refractivity contribution in [1.82, 2.24) is 0 Å². The van der Waals surface area contributed by atoms with Crippen LogP contribution < -0.4 is 0 Å². The van der Waals surface area contributed by atoms with Crippen LogP contribution in [0.1, 0.15) is 64.7 Å². The minimum absolute atomic E-state index is 0.0676. The molecular formula is C16H30O3. The topological polar surface area (TPSA) is 38.7 Å². The molecule has 1 aliphatic heterocycles. The molecule has 0 aromatic heterocycles. The van der Waals surface area contributed by atoms with Crippen molar-refractivity contribution in [3.05, 3.63) is 12.7 Å². The van der Waals surface area contributed by atoms with Gasteiger partial charge in [0.25, 0.3) is 0 Å². The Kier molecular flexibility index (Phi) is 9.14. The summed E-state index contributed by atoms with van der Waals surface area (Å²) in [5.74, 6) is 0. The highest BCUT2D eigenvalue weighted by molar-refractivity contribution is 4.81. The SMILES string of the molecule is C=CC(O)C[C@@H](CCCCCC)OC1CCCCO1. The lowest BCUT2D eigenvalue weighted by molar-refractivity contribution is -0.193. The van der Waals surface area contributed by atoms with Crippen LogP contribution in [0.15, 0.2) is 12.7 Å². The van der Waals surface area contributed by atoms with Crippen molar-refractivity contribution in [2.45, 2.75) is 83.2 Å². The zero-order valence-electron chi connectivity index (χ0n) is 12.4. The Hall–Kier alpha value is -0.380. The second kappa shape index (κ2) is 10.4. The molecule has 1 rings (SSSR count). The second-order valence-corrected chi connectivity index (χ2v) is 5.44. The molecule has 0 radical (unpaired) electrons. The van der Waals surface area contributed by atoms with Gasteiger partial charge in [0.1, 0.15) is 0 Å². The second-order valence-electron chi connectivity index (χ2n) is 5.44. The van der Waals surface area contributed by atoms with Crippen LogP contribution in [0.4, 0.5) is 0 Å². The van der Waals surface area contributed by atoms with Gasteiger partial charge in [0, 0.05) is 13.0 Å². The summed E-state index contributed by atoms with van der Waals surface area (Å²) in [7, 11) is 0. The summed E-state index contributed by atoms with van der Waals surface area (Å²) in [6.07, 6.45) is 11.0. The van der Waals surface area contributed by atoms with Crippen LogP contribution in [-0.2, 0) is 9.47 Å². The monoisotopic (exact) mass is 270 g/mol. The summed E-state index contributed by atoms with van der Waals surface area (Å²) in [5, 5.41) is 9.72. The van der Waals surface area contributed by atoms with Crippen LogP contribution in [0.3, 0.4) is 0 Å². The van der Waals surface area contributed by atoms with Crippen molar-refractivity contribution in [2.75, 3.05) is 6.61 Å². The number of aliphatic hydroxyl groups excluding tert-OH is 1. The molecular weight excluding hydrogens is 240 g/mol. The maximum absolute atomic E-state index is 9.72. The van der Waals surface area contributed by atoms with Crippen molar-refractivity contribution >= 4 is 0 Å². The first-order valence-corrected chi connectivity index (χ1v) is 7.84. The highest BCUT2D eigenvalue weighted by Gasteiger charge is 2.21. The van der Waals surface area contributed by atoms with E-state index in [4.69, 9.17) is 9.47 Å². The van der Waals surface area contributed by atoms with Crippen molar-refractivity contribution in [1.29, 1.82) is 0 Å². The lowest BCUT2D eigenvalue weighted by Gasteiger charge is -2.28. The van der Waals surface area contributed by atoms with Gasteiger partial charge in [-0.1, -0.05) is 38.7 Å². The van der Waals surface area contributed by atoms with E-state index in [1.807, 2.05) is 0 Å². The molecule has 0 aromatic rings. The van der Waals surface area contributed by atoms with Gasteiger partial charge in [-0.25, -0.2) is 0 Å². The lowest BCUT2D eigenvalue weighted by atomic mass is 10.0. The number of hydrogen-bond acceptors (Lipinski definition) is 3. The maximum atomic E-state index is 9.72. The minimum Gasteiger partial charge on any atom is -0.389 e. The fourth-order valence-electron chi connectivity index (χ4n) is 2.44. The first kappa shape index (κ1) is 16.7. The number of aliphatic hydroxyl groups is 1. The average molecular weight is 270 g/mol. The Labute approximate surface area is 118 Å². The van der Waals surface area contributed by atoms with Crippen molar-refractivity contribution in [3.63, 3.8) is 0 Å². The Morgan fingerprint density at radius 3 is 2.84 bits per heavy atom. The van der Waals surface area contributed by atoms with Crippen molar-refractivity contribution in [2.24, 2.45) is 0 Å². The van der Waals surface area contributed by atoms with Gasteiger partial charge in [0.2, 0.25) is 0 Å². The first-order valence-electron chi connectivity index (χ1n) is 7.84. The van der Waals surface area contributed by atoms with Crippen molar-refractivity contribution < 1.29 is 14.6 Å². The fraction of sp³-hybridized carbons (Fsp3) is 0.875. The summed E-state index contributed by atoms with van der Waals surface area (Å²) in [5.41, 5.74) is 0. The van der Waals surface area contributed by atoms with E-state index < -0.39 is 6.10 Å². The van der Waals surface area contributed by atoms with E-state index in [9.17, 15) is 5.11 Å². The first-order chi connectivity index (χ1) is 9.26. The Balaban J connectivity index is 2.31. The Bertz CT molecular complexity index is 224. The Morgan fingerprint density at radius 1 is 1.37 bits per heavy atom. The smallest absolute Gasteiger partial charge is 0.157 e. The third-order valence-electron chi connectivity index (χ3n) is 3.64. The predicted octanol–water partition coefficient (Wildman–Crippen LogP) is 3.81. The summed E-state index contributed by atoms with van der Waals surface area (Å²) in [6.45, 7) is 6.65. The third kappa shape index (κ3) is 7.71. The highest BCUT2D eigenvalue weighted by Crippen LogP contribution is 2.20.